The van der Waals surface area contributed by atoms with Crippen LogP contribution < -0.4 is 15.5 Å². The van der Waals surface area contributed by atoms with Crippen molar-refractivity contribution in [1.29, 1.82) is 0 Å². The van der Waals surface area contributed by atoms with Gasteiger partial charge >= 0.3 is 0 Å². The predicted octanol–water partition coefficient (Wildman–Crippen LogP) is 6.18. The summed E-state index contributed by atoms with van der Waals surface area (Å²) in [7, 11) is 0. The second-order valence-electron chi connectivity index (χ2n) is 7.09. The van der Waals surface area contributed by atoms with Crippen LogP contribution in [0, 0.1) is 0 Å². The number of aromatic hydroxyl groups is 1. The Kier molecular flexibility index (Phi) is 7.56. The van der Waals surface area contributed by atoms with E-state index >= 15 is 0 Å². The minimum atomic E-state index is -0.341. The first-order chi connectivity index (χ1) is 16.5. The molecule has 1 aromatic heterocycles. The number of nitrogens with zero attached hydrogens (tertiary/aromatic N) is 2. The highest BCUT2D eigenvalue weighted by Gasteiger charge is 2.09. The standard InChI is InChI=1S/C25H21BrN4O3S/c1-2-33-22-13-16(12-20(26)23(22)31)14-27-30-24(32)18-8-10-19(11-9-18)28-25-29-21(15-34-25)17-6-4-3-5-7-17/h3-15,31H,2H2,1H3,(H,28,29)(H,30,32)/b27-14+. The quantitative estimate of drug-likeness (QED) is 0.184. The van der Waals surface area contributed by atoms with Gasteiger partial charge in [-0.1, -0.05) is 30.3 Å². The first-order valence-electron chi connectivity index (χ1n) is 10.4. The van der Waals surface area contributed by atoms with E-state index in [1.54, 1.807) is 24.3 Å². The van der Waals surface area contributed by atoms with Gasteiger partial charge in [0.1, 0.15) is 0 Å². The van der Waals surface area contributed by atoms with Crippen molar-refractivity contribution in [3.05, 3.63) is 87.7 Å². The van der Waals surface area contributed by atoms with E-state index in [9.17, 15) is 9.90 Å². The molecule has 3 aromatic carbocycles. The Morgan fingerprint density at radius 1 is 1.18 bits per heavy atom. The summed E-state index contributed by atoms with van der Waals surface area (Å²) in [5.41, 5.74) is 6.43. The number of aromatic nitrogens is 1. The highest BCUT2D eigenvalue weighted by atomic mass is 79.9. The number of hydrogen-bond acceptors (Lipinski definition) is 7. The summed E-state index contributed by atoms with van der Waals surface area (Å²) in [5, 5.41) is 20.0. The van der Waals surface area contributed by atoms with Crippen molar-refractivity contribution >= 4 is 50.2 Å². The average Bonchev–Trinajstić information content (AvgIpc) is 3.32. The van der Waals surface area contributed by atoms with Gasteiger partial charge in [-0.25, -0.2) is 10.4 Å². The molecule has 0 saturated carbocycles. The van der Waals surface area contributed by atoms with Gasteiger partial charge in [-0.15, -0.1) is 11.3 Å². The fourth-order valence-corrected chi connectivity index (χ4v) is 4.26. The van der Waals surface area contributed by atoms with Crippen molar-refractivity contribution < 1.29 is 14.6 Å². The van der Waals surface area contributed by atoms with E-state index in [0.717, 1.165) is 22.1 Å². The van der Waals surface area contributed by atoms with Gasteiger partial charge in [-0.05, 0) is 64.8 Å². The minimum Gasteiger partial charge on any atom is -0.503 e. The van der Waals surface area contributed by atoms with Crippen LogP contribution in [-0.2, 0) is 0 Å². The fourth-order valence-electron chi connectivity index (χ4n) is 3.06. The van der Waals surface area contributed by atoms with Crippen molar-refractivity contribution in [2.45, 2.75) is 6.92 Å². The van der Waals surface area contributed by atoms with E-state index in [1.807, 2.05) is 54.8 Å². The molecule has 0 unspecified atom stereocenters. The number of carbonyl (C=O) groups excluding carboxylic acids is 1. The van der Waals surface area contributed by atoms with Gasteiger partial charge in [0, 0.05) is 22.2 Å². The van der Waals surface area contributed by atoms with Crippen molar-refractivity contribution in [3.8, 4) is 22.8 Å². The monoisotopic (exact) mass is 536 g/mol. The van der Waals surface area contributed by atoms with Gasteiger partial charge in [0.15, 0.2) is 16.6 Å². The number of hydrazone groups is 1. The fraction of sp³-hybridized carbons (Fsp3) is 0.0800. The van der Waals surface area contributed by atoms with Crippen LogP contribution in [0.5, 0.6) is 11.5 Å². The number of nitrogens with one attached hydrogen (secondary N) is 2. The maximum Gasteiger partial charge on any atom is 0.271 e. The Labute approximate surface area is 209 Å². The Morgan fingerprint density at radius 3 is 2.68 bits per heavy atom. The SMILES string of the molecule is CCOc1cc(/C=N/NC(=O)c2ccc(Nc3nc(-c4ccccc4)cs3)cc2)cc(Br)c1O. The molecule has 0 bridgehead atoms. The third-order valence-corrected chi connectivity index (χ3v) is 6.06. The number of ether oxygens (including phenoxy) is 1. The number of carbonyl (C=O) groups is 1. The number of rotatable bonds is 8. The number of phenolic OH excluding ortho intramolecular Hbond substituents is 1. The first kappa shape index (κ1) is 23.5. The van der Waals surface area contributed by atoms with Crippen LogP contribution in [0.3, 0.4) is 0 Å². The minimum absolute atomic E-state index is 0.0192. The molecule has 1 amide bonds. The maximum absolute atomic E-state index is 12.4. The number of benzene rings is 3. The number of halogens is 1. The number of anilines is 2. The Hall–Kier alpha value is -3.69. The normalized spacial score (nSPS) is 10.9. The van der Waals surface area contributed by atoms with Crippen LogP contribution in [0.2, 0.25) is 0 Å². The molecule has 1 heterocycles. The molecule has 0 aliphatic rings. The summed E-state index contributed by atoms with van der Waals surface area (Å²) in [6.07, 6.45) is 1.48. The summed E-state index contributed by atoms with van der Waals surface area (Å²) in [4.78, 5) is 17.0. The second kappa shape index (κ2) is 11.0. The molecular formula is C25H21BrN4O3S. The summed E-state index contributed by atoms with van der Waals surface area (Å²) >= 11 is 4.80. The molecule has 0 aliphatic heterocycles. The van der Waals surface area contributed by atoms with Gasteiger partial charge in [-0.2, -0.15) is 5.10 Å². The topological polar surface area (TPSA) is 95.8 Å². The smallest absolute Gasteiger partial charge is 0.271 e. The predicted molar refractivity (Wildman–Crippen MR) is 139 cm³/mol. The lowest BCUT2D eigenvalue weighted by molar-refractivity contribution is 0.0955. The molecule has 0 radical (unpaired) electrons. The molecule has 7 nitrogen and oxygen atoms in total. The largest absolute Gasteiger partial charge is 0.503 e. The highest BCUT2D eigenvalue weighted by Crippen LogP contribution is 2.35. The van der Waals surface area contributed by atoms with Crippen LogP contribution in [-0.4, -0.2) is 28.8 Å². The molecule has 3 N–H and O–H groups in total. The van der Waals surface area contributed by atoms with Crippen molar-refractivity contribution in [2.75, 3.05) is 11.9 Å². The van der Waals surface area contributed by atoms with E-state index in [1.165, 1.54) is 17.6 Å². The lowest BCUT2D eigenvalue weighted by atomic mass is 10.2. The van der Waals surface area contributed by atoms with E-state index < -0.39 is 0 Å². The molecule has 34 heavy (non-hydrogen) atoms. The van der Waals surface area contributed by atoms with Gasteiger partial charge in [0.2, 0.25) is 0 Å². The molecular weight excluding hydrogens is 516 g/mol. The Bertz CT molecular complexity index is 1310. The Balaban J connectivity index is 1.36. The van der Waals surface area contributed by atoms with Crippen molar-refractivity contribution in [2.24, 2.45) is 5.10 Å². The third-order valence-electron chi connectivity index (χ3n) is 4.70. The molecule has 9 heteroatoms. The third kappa shape index (κ3) is 5.81. The van der Waals surface area contributed by atoms with E-state index in [-0.39, 0.29) is 11.7 Å². The zero-order valence-corrected chi connectivity index (χ0v) is 20.6. The number of thiazole rings is 1. The van der Waals surface area contributed by atoms with Crippen LogP contribution in [0.15, 0.2) is 81.7 Å². The summed E-state index contributed by atoms with van der Waals surface area (Å²) in [5.74, 6) is 0.0147. The van der Waals surface area contributed by atoms with Crippen LogP contribution in [0.4, 0.5) is 10.8 Å². The zero-order chi connectivity index (χ0) is 23.9. The molecule has 0 atom stereocenters. The summed E-state index contributed by atoms with van der Waals surface area (Å²) in [6, 6.07) is 20.4. The summed E-state index contributed by atoms with van der Waals surface area (Å²) < 4.78 is 5.87. The highest BCUT2D eigenvalue weighted by molar-refractivity contribution is 9.10. The lowest BCUT2D eigenvalue weighted by Gasteiger charge is -2.08. The molecule has 0 saturated heterocycles. The lowest BCUT2D eigenvalue weighted by Crippen LogP contribution is -2.17. The van der Waals surface area contributed by atoms with Gasteiger partial charge in [0.25, 0.3) is 5.91 Å². The van der Waals surface area contributed by atoms with E-state index in [0.29, 0.717) is 28.0 Å². The van der Waals surface area contributed by atoms with Gasteiger partial charge in [-0.3, -0.25) is 4.79 Å². The number of amides is 1. The van der Waals surface area contributed by atoms with Crippen LogP contribution in [0.25, 0.3) is 11.3 Å². The van der Waals surface area contributed by atoms with E-state index in [2.05, 4.69) is 36.8 Å². The zero-order valence-electron chi connectivity index (χ0n) is 18.2. The molecule has 0 aliphatic carbocycles. The van der Waals surface area contributed by atoms with E-state index in [4.69, 9.17) is 4.74 Å². The van der Waals surface area contributed by atoms with Gasteiger partial charge < -0.3 is 15.2 Å². The van der Waals surface area contributed by atoms with Gasteiger partial charge in [0.05, 0.1) is 23.0 Å². The van der Waals surface area contributed by atoms with Crippen LogP contribution in [0.1, 0.15) is 22.8 Å². The molecule has 4 rings (SSSR count). The molecule has 172 valence electrons. The Morgan fingerprint density at radius 2 is 1.94 bits per heavy atom. The first-order valence-corrected chi connectivity index (χ1v) is 12.1. The van der Waals surface area contributed by atoms with Crippen LogP contribution >= 0.6 is 27.3 Å². The maximum atomic E-state index is 12.4. The van der Waals surface area contributed by atoms with Crippen molar-refractivity contribution in [3.63, 3.8) is 0 Å². The number of hydrogen-bond donors (Lipinski definition) is 3. The molecule has 4 aromatic rings. The van der Waals surface area contributed by atoms with Crippen molar-refractivity contribution in [1.82, 2.24) is 10.4 Å². The second-order valence-corrected chi connectivity index (χ2v) is 8.80. The summed E-state index contributed by atoms with van der Waals surface area (Å²) in [6.45, 7) is 2.24. The molecule has 0 fully saturated rings. The average molecular weight is 537 g/mol. The number of phenols is 1. The molecule has 0 spiro atoms.